The molecule has 0 radical (unpaired) electrons. The van der Waals surface area contributed by atoms with Gasteiger partial charge in [-0.3, -0.25) is 0 Å². The molecule has 1 heterocycles. The number of furan rings is 1. The Morgan fingerprint density at radius 2 is 1.52 bits per heavy atom. The molecule has 2 rings (SSSR count). The lowest BCUT2D eigenvalue weighted by atomic mass is 10.0. The fourth-order valence-electron chi connectivity index (χ4n) is 2.63. The van der Waals surface area contributed by atoms with Crippen LogP contribution in [0.2, 0.25) is 0 Å². The molecule has 0 amide bonds. The first kappa shape index (κ1) is 15.7. The van der Waals surface area contributed by atoms with E-state index in [-0.39, 0.29) is 23.7 Å². The van der Waals surface area contributed by atoms with Crippen LogP contribution in [0, 0.1) is 32.4 Å². The number of halogens is 2. The maximum absolute atomic E-state index is 14.0. The average molecular weight is 293 g/mol. The van der Waals surface area contributed by atoms with Crippen molar-refractivity contribution in [1.29, 1.82) is 0 Å². The Hall–Kier alpha value is -1.68. The van der Waals surface area contributed by atoms with Crippen LogP contribution in [0.15, 0.2) is 22.6 Å². The highest BCUT2D eigenvalue weighted by atomic mass is 19.1. The van der Waals surface area contributed by atoms with Gasteiger partial charge in [0.25, 0.3) is 0 Å². The molecular formula is C17H21F2NO. The Bertz CT molecular complexity index is 648. The van der Waals surface area contributed by atoms with Gasteiger partial charge in [0.05, 0.1) is 0 Å². The molecule has 21 heavy (non-hydrogen) atoms. The predicted molar refractivity (Wildman–Crippen MR) is 79.2 cm³/mol. The molecule has 1 aromatic carbocycles. The lowest BCUT2D eigenvalue weighted by Gasteiger charge is -2.21. The second-order valence-corrected chi connectivity index (χ2v) is 5.60. The molecule has 0 bridgehead atoms. The largest absolute Gasteiger partial charge is 0.466 e. The molecule has 114 valence electrons. The summed E-state index contributed by atoms with van der Waals surface area (Å²) in [7, 11) is 0. The summed E-state index contributed by atoms with van der Waals surface area (Å²) in [5.74, 6) is 0.913. The summed E-state index contributed by atoms with van der Waals surface area (Å²) in [6.45, 7) is 9.15. The number of benzene rings is 1. The van der Waals surface area contributed by atoms with Gasteiger partial charge in [0.2, 0.25) is 0 Å². The second-order valence-electron chi connectivity index (χ2n) is 5.60. The van der Waals surface area contributed by atoms with E-state index in [0.29, 0.717) is 11.1 Å². The van der Waals surface area contributed by atoms with Gasteiger partial charge in [-0.05, 0) is 58.4 Å². The third-order valence-electron chi connectivity index (χ3n) is 3.79. The van der Waals surface area contributed by atoms with Crippen LogP contribution in [0.1, 0.15) is 54.1 Å². The summed E-state index contributed by atoms with van der Waals surface area (Å²) >= 11 is 0. The first-order chi connectivity index (χ1) is 9.79. The lowest BCUT2D eigenvalue weighted by molar-refractivity contribution is 0.455. The van der Waals surface area contributed by atoms with E-state index in [1.165, 1.54) is 12.1 Å². The zero-order valence-electron chi connectivity index (χ0n) is 13.1. The van der Waals surface area contributed by atoms with Crippen molar-refractivity contribution in [1.82, 2.24) is 5.32 Å². The van der Waals surface area contributed by atoms with Crippen LogP contribution in [0.4, 0.5) is 8.78 Å². The number of nitrogens with one attached hydrogen (secondary N) is 1. The maximum Gasteiger partial charge on any atom is 0.128 e. The molecule has 0 saturated heterocycles. The molecule has 1 N–H and O–H groups in total. The first-order valence-corrected chi connectivity index (χ1v) is 7.08. The Kier molecular flexibility index (Phi) is 4.47. The second kappa shape index (κ2) is 5.98. The topological polar surface area (TPSA) is 25.2 Å². The Morgan fingerprint density at radius 3 is 2.10 bits per heavy atom. The Labute approximate surface area is 124 Å². The van der Waals surface area contributed by atoms with Gasteiger partial charge in [0.15, 0.2) is 0 Å². The molecule has 0 aliphatic heterocycles. The summed E-state index contributed by atoms with van der Waals surface area (Å²) in [5, 5.41) is 3.29. The first-order valence-electron chi connectivity index (χ1n) is 7.08. The van der Waals surface area contributed by atoms with Crippen LogP contribution in [-0.4, -0.2) is 0 Å². The Morgan fingerprint density at radius 1 is 0.905 bits per heavy atom. The molecule has 0 saturated carbocycles. The smallest absolute Gasteiger partial charge is 0.128 e. The van der Waals surface area contributed by atoms with Gasteiger partial charge in [-0.15, -0.1) is 0 Å². The SMILES string of the molecule is Cc1cc(C(C)NC(C)c2cc(F)c(C)cc2F)c(C)o1. The number of hydrogen-bond donors (Lipinski definition) is 1. The highest BCUT2D eigenvalue weighted by Gasteiger charge is 2.19. The van der Waals surface area contributed by atoms with Gasteiger partial charge < -0.3 is 9.73 Å². The van der Waals surface area contributed by atoms with E-state index in [2.05, 4.69) is 5.32 Å². The van der Waals surface area contributed by atoms with Crippen LogP contribution in [-0.2, 0) is 0 Å². The van der Waals surface area contributed by atoms with Crippen LogP contribution < -0.4 is 5.32 Å². The minimum atomic E-state index is -0.388. The third kappa shape index (κ3) is 3.32. The van der Waals surface area contributed by atoms with Crippen LogP contribution in [0.25, 0.3) is 0 Å². The standard InChI is InChI=1S/C17H21F2NO/c1-9-6-17(19)15(8-16(9)18)12(4)20-11(3)14-7-10(2)21-13(14)5/h6-8,11-12,20H,1-5H3. The summed E-state index contributed by atoms with van der Waals surface area (Å²) in [6.07, 6.45) is 0. The minimum Gasteiger partial charge on any atom is -0.466 e. The van der Waals surface area contributed by atoms with E-state index in [0.717, 1.165) is 17.1 Å². The van der Waals surface area contributed by atoms with Crippen molar-refractivity contribution in [2.24, 2.45) is 0 Å². The number of hydrogen-bond acceptors (Lipinski definition) is 2. The molecule has 2 unspecified atom stereocenters. The molecule has 0 aliphatic rings. The number of rotatable bonds is 4. The molecule has 2 atom stereocenters. The van der Waals surface area contributed by atoms with Gasteiger partial charge in [0.1, 0.15) is 23.2 Å². The van der Waals surface area contributed by atoms with Crippen molar-refractivity contribution in [3.63, 3.8) is 0 Å². The van der Waals surface area contributed by atoms with E-state index in [1.54, 1.807) is 6.92 Å². The number of aryl methyl sites for hydroxylation is 3. The monoisotopic (exact) mass is 293 g/mol. The fraction of sp³-hybridized carbons (Fsp3) is 0.412. The Balaban J connectivity index is 2.20. The van der Waals surface area contributed by atoms with Gasteiger partial charge >= 0.3 is 0 Å². The summed E-state index contributed by atoms with van der Waals surface area (Å²) in [4.78, 5) is 0. The third-order valence-corrected chi connectivity index (χ3v) is 3.79. The molecule has 2 aromatic rings. The van der Waals surface area contributed by atoms with Crippen molar-refractivity contribution in [3.8, 4) is 0 Å². The highest BCUT2D eigenvalue weighted by molar-refractivity contribution is 5.29. The van der Waals surface area contributed by atoms with Crippen molar-refractivity contribution < 1.29 is 13.2 Å². The van der Waals surface area contributed by atoms with Crippen molar-refractivity contribution in [2.45, 2.75) is 46.7 Å². The molecule has 0 spiro atoms. The van der Waals surface area contributed by atoms with Gasteiger partial charge in [-0.1, -0.05) is 0 Å². The fourth-order valence-corrected chi connectivity index (χ4v) is 2.63. The van der Waals surface area contributed by atoms with Crippen molar-refractivity contribution in [2.75, 3.05) is 0 Å². The maximum atomic E-state index is 14.0. The molecule has 4 heteroatoms. The lowest BCUT2D eigenvalue weighted by Crippen LogP contribution is -2.23. The van der Waals surface area contributed by atoms with E-state index in [9.17, 15) is 8.78 Å². The van der Waals surface area contributed by atoms with Crippen LogP contribution >= 0.6 is 0 Å². The normalized spacial score (nSPS) is 14.2. The van der Waals surface area contributed by atoms with E-state index < -0.39 is 0 Å². The van der Waals surface area contributed by atoms with E-state index in [4.69, 9.17) is 4.42 Å². The quantitative estimate of drug-likeness (QED) is 0.867. The van der Waals surface area contributed by atoms with Crippen LogP contribution in [0.3, 0.4) is 0 Å². The summed E-state index contributed by atoms with van der Waals surface area (Å²) in [5.41, 5.74) is 1.69. The van der Waals surface area contributed by atoms with Gasteiger partial charge in [0, 0.05) is 23.2 Å². The highest BCUT2D eigenvalue weighted by Crippen LogP contribution is 2.26. The van der Waals surface area contributed by atoms with Gasteiger partial charge in [-0.2, -0.15) is 0 Å². The molecule has 0 fully saturated rings. The molecule has 2 nitrogen and oxygen atoms in total. The van der Waals surface area contributed by atoms with Crippen molar-refractivity contribution >= 4 is 0 Å². The van der Waals surface area contributed by atoms with Gasteiger partial charge in [-0.25, -0.2) is 8.78 Å². The van der Waals surface area contributed by atoms with Crippen molar-refractivity contribution in [3.05, 3.63) is 58.0 Å². The summed E-state index contributed by atoms with van der Waals surface area (Å²) < 4.78 is 33.1. The zero-order chi connectivity index (χ0) is 15.7. The zero-order valence-corrected chi connectivity index (χ0v) is 13.1. The van der Waals surface area contributed by atoms with Crippen LogP contribution in [0.5, 0.6) is 0 Å². The summed E-state index contributed by atoms with van der Waals surface area (Å²) in [6, 6.07) is 4.15. The molecular weight excluding hydrogens is 272 g/mol. The predicted octanol–water partition coefficient (Wildman–Crippen LogP) is 4.89. The molecule has 1 aromatic heterocycles. The molecule has 0 aliphatic carbocycles. The minimum absolute atomic E-state index is 0.0128. The van der Waals surface area contributed by atoms with E-state index in [1.807, 2.05) is 33.8 Å². The average Bonchev–Trinajstić information content (AvgIpc) is 2.72. The van der Waals surface area contributed by atoms with E-state index >= 15 is 0 Å².